The van der Waals surface area contributed by atoms with E-state index < -0.39 is 0 Å². The van der Waals surface area contributed by atoms with Gasteiger partial charge in [-0.25, -0.2) is 0 Å². The topological polar surface area (TPSA) is 39.1 Å². The van der Waals surface area contributed by atoms with Gasteiger partial charge in [0.05, 0.1) is 6.10 Å². The summed E-state index contributed by atoms with van der Waals surface area (Å²) in [4.78, 5) is 0. The monoisotopic (exact) mass is 263 g/mol. The highest BCUT2D eigenvalue weighted by atomic mass is 16.5. The molecular weight excluding hydrogens is 238 g/mol. The third-order valence-electron chi connectivity index (χ3n) is 4.95. The minimum absolute atomic E-state index is 0.488. The summed E-state index contributed by atoms with van der Waals surface area (Å²) in [5.41, 5.74) is 0.488. The second-order valence-electron chi connectivity index (χ2n) is 5.90. The van der Waals surface area contributed by atoms with E-state index in [1.165, 1.54) is 25.7 Å². The molecule has 2 aliphatic rings. The van der Waals surface area contributed by atoms with Crippen molar-refractivity contribution in [1.82, 2.24) is 15.1 Å². The summed E-state index contributed by atoms with van der Waals surface area (Å²) in [6.45, 7) is 5.06. The number of hydrogen-bond donors (Lipinski definition) is 1. The zero-order chi connectivity index (χ0) is 13.1. The molecule has 1 aromatic rings. The Kier molecular flexibility index (Phi) is 3.89. The fraction of sp³-hybridized carbons (Fsp3) is 0.800. The molecule has 0 saturated heterocycles. The summed E-state index contributed by atoms with van der Waals surface area (Å²) in [5.74, 6) is 0. The third kappa shape index (κ3) is 2.43. The second-order valence-corrected chi connectivity index (χ2v) is 5.90. The van der Waals surface area contributed by atoms with E-state index in [0.717, 1.165) is 26.1 Å². The Morgan fingerprint density at radius 3 is 3.00 bits per heavy atom. The van der Waals surface area contributed by atoms with Gasteiger partial charge < -0.3 is 10.1 Å². The molecule has 0 bridgehead atoms. The molecule has 1 aromatic heterocycles. The van der Waals surface area contributed by atoms with Crippen molar-refractivity contribution in [3.63, 3.8) is 0 Å². The summed E-state index contributed by atoms with van der Waals surface area (Å²) >= 11 is 0. The van der Waals surface area contributed by atoms with Gasteiger partial charge in [0, 0.05) is 37.0 Å². The Morgan fingerprint density at radius 2 is 2.37 bits per heavy atom. The quantitative estimate of drug-likeness (QED) is 0.767. The largest absolute Gasteiger partial charge is 0.378 e. The summed E-state index contributed by atoms with van der Waals surface area (Å²) in [6.07, 6.45) is 10.8. The SMILES string of the molecule is CCOC1CC(NCCCn2cccn2)C12CCC2. The van der Waals surface area contributed by atoms with Crippen molar-refractivity contribution in [1.29, 1.82) is 0 Å². The average Bonchev–Trinajstić information content (AvgIpc) is 2.82. The van der Waals surface area contributed by atoms with Crippen LogP contribution < -0.4 is 5.32 Å². The molecule has 1 heterocycles. The molecule has 0 aromatic carbocycles. The fourth-order valence-corrected chi connectivity index (χ4v) is 3.67. The van der Waals surface area contributed by atoms with Gasteiger partial charge in [-0.05, 0) is 45.2 Å². The Labute approximate surface area is 115 Å². The molecule has 19 heavy (non-hydrogen) atoms. The molecule has 1 N–H and O–H groups in total. The Morgan fingerprint density at radius 1 is 1.47 bits per heavy atom. The normalized spacial score (nSPS) is 28.1. The summed E-state index contributed by atoms with van der Waals surface area (Å²) in [5, 5.41) is 7.97. The highest BCUT2D eigenvalue weighted by Gasteiger charge is 2.58. The van der Waals surface area contributed by atoms with Gasteiger partial charge in [0.15, 0.2) is 0 Å². The van der Waals surface area contributed by atoms with Crippen LogP contribution in [0.2, 0.25) is 0 Å². The van der Waals surface area contributed by atoms with Gasteiger partial charge in [-0.3, -0.25) is 4.68 Å². The van der Waals surface area contributed by atoms with Gasteiger partial charge >= 0.3 is 0 Å². The molecule has 4 heteroatoms. The molecule has 4 nitrogen and oxygen atoms in total. The van der Waals surface area contributed by atoms with E-state index >= 15 is 0 Å². The number of aromatic nitrogens is 2. The van der Waals surface area contributed by atoms with Gasteiger partial charge in [-0.2, -0.15) is 5.10 Å². The Bertz CT molecular complexity index is 386. The first-order valence-corrected chi connectivity index (χ1v) is 7.67. The van der Waals surface area contributed by atoms with E-state index in [9.17, 15) is 0 Å². The van der Waals surface area contributed by atoms with Gasteiger partial charge in [0.25, 0.3) is 0 Å². The van der Waals surface area contributed by atoms with Crippen molar-refractivity contribution in [2.24, 2.45) is 5.41 Å². The van der Waals surface area contributed by atoms with Crippen LogP contribution in [0.5, 0.6) is 0 Å². The van der Waals surface area contributed by atoms with Gasteiger partial charge in [-0.15, -0.1) is 0 Å². The zero-order valence-corrected chi connectivity index (χ0v) is 11.8. The molecular formula is C15H25N3O. The van der Waals surface area contributed by atoms with Crippen molar-refractivity contribution in [2.45, 2.75) is 57.7 Å². The first kappa shape index (κ1) is 13.1. The fourth-order valence-electron chi connectivity index (χ4n) is 3.67. The zero-order valence-electron chi connectivity index (χ0n) is 11.8. The Hall–Kier alpha value is -0.870. The molecule has 3 rings (SSSR count). The molecule has 106 valence electrons. The van der Waals surface area contributed by atoms with Crippen LogP contribution in [-0.4, -0.2) is 35.1 Å². The van der Waals surface area contributed by atoms with Gasteiger partial charge in [-0.1, -0.05) is 6.42 Å². The summed E-state index contributed by atoms with van der Waals surface area (Å²) in [6, 6.07) is 2.67. The number of rotatable bonds is 7. The minimum atomic E-state index is 0.488. The van der Waals surface area contributed by atoms with Crippen LogP contribution in [0.1, 0.15) is 39.0 Å². The first-order valence-electron chi connectivity index (χ1n) is 7.67. The van der Waals surface area contributed by atoms with Crippen LogP contribution in [0.15, 0.2) is 18.5 Å². The van der Waals surface area contributed by atoms with Crippen LogP contribution >= 0.6 is 0 Å². The highest BCUT2D eigenvalue weighted by molar-refractivity contribution is 5.12. The maximum absolute atomic E-state index is 5.88. The standard InChI is InChI=1S/C15H25N3O/c1-2-19-14-12-13(15(14)6-3-7-15)16-8-4-10-18-11-5-9-17-18/h5,9,11,13-14,16H,2-4,6-8,10,12H2,1H3. The second kappa shape index (κ2) is 5.63. The van der Waals surface area contributed by atoms with Crippen LogP contribution in [0, 0.1) is 5.41 Å². The highest BCUT2D eigenvalue weighted by Crippen LogP contribution is 2.57. The lowest BCUT2D eigenvalue weighted by Crippen LogP contribution is -2.66. The van der Waals surface area contributed by atoms with Crippen molar-refractivity contribution in [3.05, 3.63) is 18.5 Å². The summed E-state index contributed by atoms with van der Waals surface area (Å²) in [7, 11) is 0. The van der Waals surface area contributed by atoms with Crippen molar-refractivity contribution in [2.75, 3.05) is 13.2 Å². The maximum atomic E-state index is 5.88. The van der Waals surface area contributed by atoms with E-state index in [-0.39, 0.29) is 0 Å². The van der Waals surface area contributed by atoms with Crippen LogP contribution in [-0.2, 0) is 11.3 Å². The number of hydrogen-bond acceptors (Lipinski definition) is 3. The van der Waals surface area contributed by atoms with Gasteiger partial charge in [0.2, 0.25) is 0 Å². The molecule has 2 saturated carbocycles. The molecule has 2 atom stereocenters. The number of ether oxygens (including phenoxy) is 1. The van der Waals surface area contributed by atoms with Crippen LogP contribution in [0.4, 0.5) is 0 Å². The van der Waals surface area contributed by atoms with E-state index in [2.05, 4.69) is 17.3 Å². The summed E-state index contributed by atoms with van der Waals surface area (Å²) < 4.78 is 7.88. The third-order valence-corrected chi connectivity index (χ3v) is 4.95. The number of nitrogens with one attached hydrogen (secondary N) is 1. The molecule has 0 radical (unpaired) electrons. The predicted octanol–water partition coefficient (Wildman–Crippen LogP) is 2.21. The molecule has 0 aliphatic heterocycles. The lowest BCUT2D eigenvalue weighted by Gasteiger charge is -2.61. The van der Waals surface area contributed by atoms with Crippen molar-refractivity contribution < 1.29 is 4.74 Å². The van der Waals surface area contributed by atoms with E-state index in [1.807, 2.05) is 23.1 Å². The predicted molar refractivity (Wildman–Crippen MR) is 74.9 cm³/mol. The molecule has 1 spiro atoms. The molecule has 2 unspecified atom stereocenters. The maximum Gasteiger partial charge on any atom is 0.0661 e. The van der Waals surface area contributed by atoms with E-state index in [4.69, 9.17) is 4.74 Å². The average molecular weight is 263 g/mol. The lowest BCUT2D eigenvalue weighted by atomic mass is 9.51. The molecule has 2 aliphatic carbocycles. The smallest absolute Gasteiger partial charge is 0.0661 e. The first-order chi connectivity index (χ1) is 9.35. The Balaban J connectivity index is 1.39. The molecule has 2 fully saturated rings. The van der Waals surface area contributed by atoms with E-state index in [0.29, 0.717) is 17.6 Å². The van der Waals surface area contributed by atoms with Crippen molar-refractivity contribution >= 4 is 0 Å². The van der Waals surface area contributed by atoms with Gasteiger partial charge in [0.1, 0.15) is 0 Å². The van der Waals surface area contributed by atoms with Crippen LogP contribution in [0.3, 0.4) is 0 Å². The van der Waals surface area contributed by atoms with Crippen molar-refractivity contribution in [3.8, 4) is 0 Å². The van der Waals surface area contributed by atoms with E-state index in [1.54, 1.807) is 0 Å². The number of nitrogens with zero attached hydrogens (tertiary/aromatic N) is 2. The lowest BCUT2D eigenvalue weighted by molar-refractivity contribution is -0.172. The number of aryl methyl sites for hydroxylation is 1. The minimum Gasteiger partial charge on any atom is -0.378 e. The van der Waals surface area contributed by atoms with Crippen LogP contribution in [0.25, 0.3) is 0 Å². The molecule has 0 amide bonds.